The molecular weight excluding hydrogens is 703 g/mol. The third-order valence-corrected chi connectivity index (χ3v) is 8.98. The molecule has 1 unspecified atom stereocenters. The second kappa shape index (κ2) is 56.3. The van der Waals surface area contributed by atoms with Gasteiger partial charge in [-0.2, -0.15) is 0 Å². The molecule has 12 heteroatoms. The molecule has 4 amide bonds. The largest absolute Gasteiger partial charge is 0.388 e. The molecule has 0 aromatic carbocycles. The Labute approximate surface area is 346 Å². The van der Waals surface area contributed by atoms with Gasteiger partial charge < -0.3 is 39.3 Å². The van der Waals surface area contributed by atoms with Gasteiger partial charge in [-0.05, 0) is 38.5 Å². The predicted octanol–water partition coefficient (Wildman–Crippen LogP) is 10.1. The van der Waals surface area contributed by atoms with Gasteiger partial charge in [0.15, 0.2) is 5.96 Å². The van der Waals surface area contributed by atoms with Crippen molar-refractivity contribution >= 4 is 29.6 Å². The summed E-state index contributed by atoms with van der Waals surface area (Å²) < 4.78 is 0. The molecule has 336 valence electrons. The Morgan fingerprint density at radius 2 is 0.929 bits per heavy atom. The van der Waals surface area contributed by atoms with Crippen LogP contribution in [0.5, 0.6) is 0 Å². The number of amides is 4. The van der Waals surface area contributed by atoms with Gasteiger partial charge in [-0.15, -0.1) is 0 Å². The van der Waals surface area contributed by atoms with Crippen LogP contribution in [-0.4, -0.2) is 49.8 Å². The Morgan fingerprint density at radius 1 is 0.536 bits per heavy atom. The summed E-state index contributed by atoms with van der Waals surface area (Å²) in [6.07, 6.45) is 34.0. The highest BCUT2D eigenvalue weighted by atomic mass is 16.2. The number of nitrogens with two attached hydrogens (primary N) is 5. The number of hydrogen-bond acceptors (Lipinski definition) is 5. The number of aliphatic imine (C=N–C) groups is 1. The van der Waals surface area contributed by atoms with Crippen LogP contribution in [0.3, 0.4) is 0 Å². The number of primary amides is 2. The number of nitrogens with zero attached hydrogens (tertiary/aromatic N) is 1. The average Bonchev–Trinajstić information content (AvgIpc) is 3.16. The van der Waals surface area contributed by atoms with Gasteiger partial charge >= 0.3 is 6.03 Å². The van der Waals surface area contributed by atoms with Gasteiger partial charge in [-0.3, -0.25) is 20.0 Å². The quantitative estimate of drug-likeness (QED) is 0.0187. The van der Waals surface area contributed by atoms with Gasteiger partial charge in [0.25, 0.3) is 0 Å². The van der Waals surface area contributed by atoms with Crippen LogP contribution in [0.1, 0.15) is 228 Å². The van der Waals surface area contributed by atoms with Crippen molar-refractivity contribution in [1.29, 1.82) is 5.41 Å². The number of guanidine groups is 1. The Kier molecular flexibility index (Phi) is 62.5. The predicted molar refractivity (Wildman–Crippen MR) is 245 cm³/mol. The number of urea groups is 1. The Morgan fingerprint density at radius 3 is 1.30 bits per heavy atom. The number of hydrogen-bond donors (Lipinski definition) is 8. The lowest BCUT2D eigenvalue weighted by atomic mass is 9.98. The van der Waals surface area contributed by atoms with Crippen molar-refractivity contribution in [2.24, 2.45) is 39.6 Å². The summed E-state index contributed by atoms with van der Waals surface area (Å²) in [5, 5.41) is 12.3. The van der Waals surface area contributed by atoms with E-state index < -0.39 is 0 Å². The topological polar surface area (TPSA) is 242 Å². The Balaban J connectivity index is -0.000000194. The van der Waals surface area contributed by atoms with E-state index in [0.717, 1.165) is 70.9 Å². The highest BCUT2D eigenvalue weighted by Gasteiger charge is 2.11. The van der Waals surface area contributed by atoms with Crippen LogP contribution in [-0.2, 0) is 9.59 Å². The molecular formula is C44H97N9O3. The molecule has 0 aromatic rings. The van der Waals surface area contributed by atoms with Crippen LogP contribution in [0.2, 0.25) is 0 Å². The third-order valence-electron chi connectivity index (χ3n) is 8.98. The van der Waals surface area contributed by atoms with Gasteiger partial charge in [0.05, 0.1) is 5.84 Å². The second-order valence-electron chi connectivity index (χ2n) is 14.7. The van der Waals surface area contributed by atoms with Crippen LogP contribution in [0.25, 0.3) is 0 Å². The molecule has 0 bridgehead atoms. The zero-order valence-electron chi connectivity index (χ0n) is 38.1. The molecule has 0 spiro atoms. The van der Waals surface area contributed by atoms with Gasteiger partial charge in [0.2, 0.25) is 11.8 Å². The number of carbonyl (C=O) groups excluding carboxylic acids is 3. The van der Waals surface area contributed by atoms with Gasteiger partial charge in [0.1, 0.15) is 0 Å². The third kappa shape index (κ3) is 72.2. The molecule has 1 atom stereocenters. The van der Waals surface area contributed by atoms with Gasteiger partial charge in [0, 0.05) is 38.9 Å². The van der Waals surface area contributed by atoms with Crippen LogP contribution in [0.4, 0.5) is 4.79 Å². The number of rotatable bonds is 32. The van der Waals surface area contributed by atoms with E-state index in [0.29, 0.717) is 12.3 Å². The van der Waals surface area contributed by atoms with E-state index in [9.17, 15) is 14.4 Å². The first-order valence-electron chi connectivity index (χ1n) is 22.8. The maximum atomic E-state index is 10.8. The molecule has 13 N–H and O–H groups in total. The van der Waals surface area contributed by atoms with E-state index in [-0.39, 0.29) is 29.7 Å². The molecule has 0 aliphatic carbocycles. The maximum Gasteiger partial charge on any atom is 0.314 e. The minimum atomic E-state index is -0.170. The van der Waals surface area contributed by atoms with E-state index in [4.69, 9.17) is 34.1 Å². The fourth-order valence-corrected chi connectivity index (χ4v) is 5.31. The van der Waals surface area contributed by atoms with E-state index in [1.165, 1.54) is 122 Å². The van der Waals surface area contributed by atoms with Crippen molar-refractivity contribution in [3.05, 3.63) is 0 Å². The molecule has 0 rings (SSSR count). The molecule has 56 heavy (non-hydrogen) atoms. The first-order valence-corrected chi connectivity index (χ1v) is 22.8. The minimum absolute atomic E-state index is 0.0754. The molecule has 0 aromatic heterocycles. The monoisotopic (exact) mass is 800 g/mol. The minimum Gasteiger partial charge on any atom is -0.388 e. The summed E-state index contributed by atoms with van der Waals surface area (Å²) in [4.78, 5) is 35.7. The van der Waals surface area contributed by atoms with Crippen molar-refractivity contribution in [2.45, 2.75) is 228 Å². The van der Waals surface area contributed by atoms with E-state index >= 15 is 0 Å². The normalized spacial score (nSPS) is 10.3. The highest BCUT2D eigenvalue weighted by Crippen LogP contribution is 2.13. The van der Waals surface area contributed by atoms with Gasteiger partial charge in [-0.1, -0.05) is 176 Å². The van der Waals surface area contributed by atoms with Crippen molar-refractivity contribution in [3.8, 4) is 0 Å². The van der Waals surface area contributed by atoms with E-state index in [2.05, 4.69) is 50.2 Å². The van der Waals surface area contributed by atoms with Crippen LogP contribution in [0.15, 0.2) is 4.99 Å². The van der Waals surface area contributed by atoms with Crippen molar-refractivity contribution in [2.75, 3.05) is 20.1 Å². The number of carbonyl (C=O) groups is 3. The summed E-state index contributed by atoms with van der Waals surface area (Å²) in [6, 6.07) is -0.0754. The van der Waals surface area contributed by atoms with Crippen LogP contribution in [0, 0.1) is 11.3 Å². The smallest absolute Gasteiger partial charge is 0.314 e. The first kappa shape index (κ1) is 62.2. The lowest BCUT2D eigenvalue weighted by Gasteiger charge is -2.09. The fourth-order valence-electron chi connectivity index (χ4n) is 5.31. The molecule has 0 heterocycles. The maximum absolute atomic E-state index is 10.8. The number of nitrogens with one attached hydrogen (secondary N) is 3. The summed E-state index contributed by atoms with van der Waals surface area (Å²) in [6.45, 7) is 14.6. The molecule has 12 nitrogen and oxygen atoms in total. The summed E-state index contributed by atoms with van der Waals surface area (Å²) in [5.74, 6) is 0.351. The fraction of sp³-hybridized carbons (Fsp3) is 0.886. The lowest BCUT2D eigenvalue weighted by Crippen LogP contribution is -2.33. The Hall–Kier alpha value is -3.05. The van der Waals surface area contributed by atoms with Crippen molar-refractivity contribution in [1.82, 2.24) is 10.6 Å². The number of unbranched alkanes of at least 4 members (excludes halogenated alkanes) is 20. The highest BCUT2D eigenvalue weighted by molar-refractivity contribution is 5.77. The average molecular weight is 800 g/mol. The number of amidine groups is 1. The Bertz CT molecular complexity index is 830. The van der Waals surface area contributed by atoms with E-state index in [1.807, 2.05) is 6.92 Å². The zero-order valence-corrected chi connectivity index (χ0v) is 38.1. The van der Waals surface area contributed by atoms with Crippen molar-refractivity contribution in [3.63, 3.8) is 0 Å². The molecule has 0 saturated carbocycles. The summed E-state index contributed by atoms with van der Waals surface area (Å²) in [5.41, 5.74) is 25.7. The molecule has 0 saturated heterocycles. The van der Waals surface area contributed by atoms with Crippen LogP contribution >= 0.6 is 0 Å². The molecule has 0 aliphatic heterocycles. The van der Waals surface area contributed by atoms with Gasteiger partial charge in [-0.25, -0.2) is 4.79 Å². The second-order valence-corrected chi connectivity index (χ2v) is 14.7. The van der Waals surface area contributed by atoms with Crippen LogP contribution < -0.4 is 39.3 Å². The SMILES string of the molecule is CCCCCCC(CC)C(N)=O.CCCCCCCC(=N)N.CCCCCCCC(N)=O.CCCCCCCCNC(=O)NC.CCCCCCCN=C(N)N. The van der Waals surface area contributed by atoms with E-state index in [1.54, 1.807) is 7.05 Å². The standard InChI is InChI=1S/C10H22N2O.C10H21NO.C8H19N3.C8H18N2.C8H17NO/c1-3-4-5-6-7-8-9-12-10(13)11-2;1-3-5-6-7-8-9(4-2)10(11)12;1-2-3-4-5-6-7-11-8(9)10;2*1-2-3-4-5-6-7-8(9)10/h3-9H2,1-2H3,(H2,11,12,13);9H,3-8H2,1-2H3,(H2,11,12);2-7H2,1H3,(H4,9,10,11);2-7H2,1H3,(H3,9,10);2-7H2,1H3,(H2,9,10). The molecule has 0 aliphatic rings. The summed E-state index contributed by atoms with van der Waals surface area (Å²) >= 11 is 0. The summed E-state index contributed by atoms with van der Waals surface area (Å²) in [7, 11) is 1.64. The molecule has 0 fully saturated rings. The zero-order chi connectivity index (χ0) is 43.5. The molecule has 0 radical (unpaired) electrons. The first-order chi connectivity index (χ1) is 26.8. The van der Waals surface area contributed by atoms with Crippen molar-refractivity contribution < 1.29 is 14.4 Å². The lowest BCUT2D eigenvalue weighted by molar-refractivity contribution is -0.122.